The molecule has 0 aliphatic carbocycles. The van der Waals surface area contributed by atoms with Crippen molar-refractivity contribution in [2.45, 2.75) is 109 Å². The molecule has 0 saturated heterocycles. The number of H-pyrrole nitrogens is 1. The van der Waals surface area contributed by atoms with Crippen molar-refractivity contribution >= 4 is 47.3 Å². The topological polar surface area (TPSA) is 342 Å². The zero-order valence-corrected chi connectivity index (χ0v) is 37.3. The Morgan fingerprint density at radius 2 is 1.12 bits per heavy atom. The van der Waals surface area contributed by atoms with Gasteiger partial charge in [0.2, 0.25) is 47.3 Å². The van der Waals surface area contributed by atoms with E-state index in [2.05, 4.69) is 47.2 Å². The van der Waals surface area contributed by atoms with Gasteiger partial charge < -0.3 is 63.9 Å². The molecule has 0 radical (unpaired) electrons. The number of benzene rings is 2. The Hall–Kier alpha value is -6.87. The Bertz CT molecular complexity index is 2050. The van der Waals surface area contributed by atoms with Gasteiger partial charge in [0.1, 0.15) is 48.0 Å². The highest BCUT2D eigenvalue weighted by Crippen LogP contribution is 2.13. The molecule has 3 aromatic rings. The molecule has 0 unspecified atom stereocenters. The summed E-state index contributed by atoms with van der Waals surface area (Å²) in [5.41, 5.74) is 12.7. The van der Waals surface area contributed by atoms with Crippen molar-refractivity contribution in [1.29, 1.82) is 0 Å². The van der Waals surface area contributed by atoms with Gasteiger partial charge in [-0.25, -0.2) is 4.98 Å². The molecule has 1 aromatic heterocycles. The van der Waals surface area contributed by atoms with Crippen LogP contribution >= 0.6 is 0 Å². The Morgan fingerprint density at radius 3 is 1.68 bits per heavy atom. The van der Waals surface area contributed by atoms with Gasteiger partial charge in [0.15, 0.2) is 0 Å². The number of hydrogen-bond donors (Lipinski definition) is 12. The molecule has 0 spiro atoms. The monoisotopic (exact) mass is 905 g/mol. The van der Waals surface area contributed by atoms with Crippen LogP contribution in [-0.4, -0.2) is 123 Å². The third kappa shape index (κ3) is 18.4. The molecule has 14 N–H and O–H groups in total. The summed E-state index contributed by atoms with van der Waals surface area (Å²) in [5, 5.41) is 37.4. The fraction of sp³-hybridized carbons (Fsp3) is 0.477. The summed E-state index contributed by atoms with van der Waals surface area (Å²) in [6.45, 7) is 7.51. The number of aromatic hydroxyl groups is 1. The van der Waals surface area contributed by atoms with Crippen molar-refractivity contribution in [2.75, 3.05) is 13.2 Å². The lowest BCUT2D eigenvalue weighted by molar-refractivity contribution is -0.135. The molecule has 0 bridgehead atoms. The van der Waals surface area contributed by atoms with Gasteiger partial charge in [-0.15, -0.1) is 0 Å². The number of aliphatic hydroxyl groups is 1. The van der Waals surface area contributed by atoms with Crippen LogP contribution in [0.25, 0.3) is 0 Å². The van der Waals surface area contributed by atoms with Gasteiger partial charge >= 0.3 is 0 Å². The standard InChI is InChI=1S/C44H63N11O10/c1-24(2)15-32(38(46)59)51-37(58)21-48-41(62)34(17-27-9-7-6-8-10-27)52-39(60)26(5)50-42(63)35(18-28-11-13-30(57)14-12-28)54-44(65)36(19-29-20-47-23-49-29)55-43(64)33(16-25(3)4)53-40(61)31(45)22-56/h6-14,20,23-26,31-36,56-57H,15-19,21-22,45H2,1-5H3,(H2,46,59)(H,47,49)(H,48,62)(H,50,63)(H,51,58)(H,52,60)(H,53,61)(H,54,65)(H,55,64)/t26-,31-,32-,33-,34-,35-,36-/m0/s1. The van der Waals surface area contributed by atoms with Crippen LogP contribution in [0.3, 0.4) is 0 Å². The number of rotatable bonds is 26. The molecule has 354 valence electrons. The predicted octanol–water partition coefficient (Wildman–Crippen LogP) is -1.91. The number of imidazole rings is 1. The number of aliphatic hydroxyl groups excluding tert-OH is 1. The first-order valence-corrected chi connectivity index (χ1v) is 21.3. The fourth-order valence-electron chi connectivity index (χ4n) is 6.50. The van der Waals surface area contributed by atoms with Crippen molar-refractivity contribution in [1.82, 2.24) is 47.2 Å². The second kappa shape index (κ2) is 26.0. The maximum Gasteiger partial charge on any atom is 0.243 e. The maximum absolute atomic E-state index is 14.2. The number of nitrogens with two attached hydrogens (primary N) is 2. The summed E-state index contributed by atoms with van der Waals surface area (Å²) >= 11 is 0. The minimum atomic E-state index is -1.38. The number of carbonyl (C=O) groups excluding carboxylic acids is 8. The van der Waals surface area contributed by atoms with Crippen molar-refractivity contribution in [3.63, 3.8) is 0 Å². The van der Waals surface area contributed by atoms with E-state index in [0.29, 0.717) is 16.8 Å². The molecule has 1 heterocycles. The smallest absolute Gasteiger partial charge is 0.243 e. The first-order chi connectivity index (χ1) is 30.8. The van der Waals surface area contributed by atoms with Gasteiger partial charge in [-0.05, 0) is 54.9 Å². The van der Waals surface area contributed by atoms with Crippen molar-refractivity contribution in [2.24, 2.45) is 23.3 Å². The zero-order chi connectivity index (χ0) is 48.2. The number of primary amides is 1. The van der Waals surface area contributed by atoms with E-state index in [1.54, 1.807) is 30.3 Å². The number of carbonyl (C=O) groups is 8. The number of phenols is 1. The number of aromatic nitrogens is 2. The van der Waals surface area contributed by atoms with E-state index in [9.17, 15) is 48.6 Å². The summed E-state index contributed by atoms with van der Waals surface area (Å²) in [4.78, 5) is 113. The largest absolute Gasteiger partial charge is 0.508 e. The highest BCUT2D eigenvalue weighted by Gasteiger charge is 2.33. The first kappa shape index (κ1) is 52.5. The van der Waals surface area contributed by atoms with Crippen LogP contribution in [0.1, 0.15) is 64.3 Å². The van der Waals surface area contributed by atoms with E-state index in [0.717, 1.165) is 0 Å². The van der Waals surface area contributed by atoms with Gasteiger partial charge in [-0.3, -0.25) is 38.4 Å². The van der Waals surface area contributed by atoms with Gasteiger partial charge in [0, 0.05) is 31.2 Å². The molecule has 2 aromatic carbocycles. The van der Waals surface area contributed by atoms with E-state index in [4.69, 9.17) is 11.5 Å². The molecule has 0 aliphatic rings. The van der Waals surface area contributed by atoms with Crippen LogP contribution < -0.4 is 48.7 Å². The summed E-state index contributed by atoms with van der Waals surface area (Å²) in [6.07, 6.45) is 2.98. The van der Waals surface area contributed by atoms with Crippen molar-refractivity contribution in [3.8, 4) is 5.75 Å². The molecular formula is C44H63N11O10. The number of nitrogens with zero attached hydrogens (tertiary/aromatic N) is 1. The van der Waals surface area contributed by atoms with E-state index in [1.807, 2.05) is 27.7 Å². The van der Waals surface area contributed by atoms with E-state index < -0.39 is 103 Å². The van der Waals surface area contributed by atoms with E-state index in [-0.39, 0.29) is 49.7 Å². The number of hydrogen-bond acceptors (Lipinski definition) is 12. The van der Waals surface area contributed by atoms with Crippen molar-refractivity contribution < 1.29 is 48.6 Å². The van der Waals surface area contributed by atoms with Gasteiger partial charge in [0.25, 0.3) is 0 Å². The lowest BCUT2D eigenvalue weighted by atomic mass is 10.0. The number of amides is 8. The zero-order valence-electron chi connectivity index (χ0n) is 37.3. The number of phenolic OH excluding ortho intramolecular Hbond substituents is 1. The Balaban J connectivity index is 1.84. The fourth-order valence-corrected chi connectivity index (χ4v) is 6.50. The quantitative estimate of drug-likeness (QED) is 0.0420. The molecule has 7 atom stereocenters. The summed E-state index contributed by atoms with van der Waals surface area (Å²) in [6, 6.07) is 5.92. The van der Waals surface area contributed by atoms with Crippen LogP contribution in [0.2, 0.25) is 0 Å². The van der Waals surface area contributed by atoms with Gasteiger partial charge in [0.05, 0.1) is 19.5 Å². The van der Waals surface area contributed by atoms with Crippen molar-refractivity contribution in [3.05, 3.63) is 83.9 Å². The number of nitrogens with one attached hydrogen (secondary N) is 8. The molecule has 21 heteroatoms. The average Bonchev–Trinajstić information content (AvgIpc) is 3.77. The molecule has 21 nitrogen and oxygen atoms in total. The Labute approximate surface area is 377 Å². The SMILES string of the molecule is CC(C)C[C@H](NC(=O)CNC(=O)[C@H](Cc1ccccc1)NC(=O)[C@H](C)NC(=O)[C@H](Cc1ccc(O)cc1)NC(=O)[C@H](Cc1cnc[nH]1)NC(=O)[C@H](CC(C)C)NC(=O)[C@@H](N)CO)C(N)=O. The third-order valence-corrected chi connectivity index (χ3v) is 9.97. The van der Waals surface area contributed by atoms with Crippen LogP contribution in [0.5, 0.6) is 5.75 Å². The summed E-state index contributed by atoms with van der Waals surface area (Å²) in [7, 11) is 0. The Kier molecular flexibility index (Phi) is 21.0. The minimum Gasteiger partial charge on any atom is -0.508 e. The van der Waals surface area contributed by atoms with Crippen LogP contribution in [-0.2, 0) is 57.6 Å². The molecule has 0 saturated carbocycles. The maximum atomic E-state index is 14.2. The summed E-state index contributed by atoms with van der Waals surface area (Å²) in [5.74, 6) is -6.19. The van der Waals surface area contributed by atoms with Gasteiger partial charge in [-0.2, -0.15) is 0 Å². The second-order valence-electron chi connectivity index (χ2n) is 16.6. The first-order valence-electron chi connectivity index (χ1n) is 21.3. The second-order valence-corrected chi connectivity index (χ2v) is 16.6. The van der Waals surface area contributed by atoms with Gasteiger partial charge in [-0.1, -0.05) is 70.2 Å². The molecule has 0 fully saturated rings. The highest BCUT2D eigenvalue weighted by atomic mass is 16.3. The normalized spacial score (nSPS) is 14.4. The molecule has 0 aliphatic heterocycles. The summed E-state index contributed by atoms with van der Waals surface area (Å²) < 4.78 is 0. The lowest BCUT2D eigenvalue weighted by Gasteiger charge is -2.27. The van der Waals surface area contributed by atoms with E-state index in [1.165, 1.54) is 43.7 Å². The lowest BCUT2D eigenvalue weighted by Crippen LogP contribution is -2.60. The predicted molar refractivity (Wildman–Crippen MR) is 238 cm³/mol. The molecule has 3 rings (SSSR count). The molecule has 8 amide bonds. The van der Waals surface area contributed by atoms with Crippen LogP contribution in [0, 0.1) is 11.8 Å². The highest BCUT2D eigenvalue weighted by molar-refractivity contribution is 5.97. The molecular weight excluding hydrogens is 843 g/mol. The minimum absolute atomic E-state index is 0.00310. The Morgan fingerprint density at radius 1 is 0.615 bits per heavy atom. The average molecular weight is 906 g/mol. The van der Waals surface area contributed by atoms with Crippen LogP contribution in [0.15, 0.2) is 67.1 Å². The van der Waals surface area contributed by atoms with Crippen LogP contribution in [0.4, 0.5) is 0 Å². The number of aromatic amines is 1. The molecule has 65 heavy (non-hydrogen) atoms. The third-order valence-electron chi connectivity index (χ3n) is 9.97. The van der Waals surface area contributed by atoms with E-state index >= 15 is 0 Å².